The molecular formula is C7H11N3O2. The van der Waals surface area contributed by atoms with Crippen LogP contribution in [0.15, 0.2) is 24.3 Å². The smallest absolute Gasteiger partial charge is 0.155 e. The van der Waals surface area contributed by atoms with E-state index >= 15 is 0 Å². The lowest BCUT2D eigenvalue weighted by atomic mass is 10.3. The summed E-state index contributed by atoms with van der Waals surface area (Å²) in [5.74, 6) is 12.8. The fourth-order valence-electron chi connectivity index (χ4n) is 0.810. The van der Waals surface area contributed by atoms with Gasteiger partial charge in [-0.2, -0.15) is 5.90 Å². The van der Waals surface area contributed by atoms with Crippen LogP contribution in [0.3, 0.4) is 0 Å². The van der Waals surface area contributed by atoms with Crippen LogP contribution < -0.4 is 15.8 Å². The van der Waals surface area contributed by atoms with Crippen molar-refractivity contribution in [1.82, 2.24) is 0 Å². The number of nitrogens with two attached hydrogens (primary N) is 1. The summed E-state index contributed by atoms with van der Waals surface area (Å²) in [6, 6.07) is 6.88. The minimum atomic E-state index is -0.0577. The molecule has 0 bridgehead atoms. The zero-order valence-corrected chi connectivity index (χ0v) is 6.70. The third-order valence-electron chi connectivity index (χ3n) is 1.47. The molecule has 4 N–H and O–H groups in total. The summed E-state index contributed by atoms with van der Waals surface area (Å²) in [6.07, 6.45) is 0. The van der Waals surface area contributed by atoms with Gasteiger partial charge >= 0.3 is 0 Å². The topological polar surface area (TPSA) is 72.7 Å². The average Bonchev–Trinajstić information content (AvgIpc) is 2.17. The van der Waals surface area contributed by atoms with Gasteiger partial charge in [0.1, 0.15) is 5.75 Å². The van der Waals surface area contributed by atoms with Crippen LogP contribution in [-0.2, 0) is 4.94 Å². The monoisotopic (exact) mass is 169 g/mol. The molecule has 0 aliphatic rings. The first-order valence-electron chi connectivity index (χ1n) is 3.37. The normalized spacial score (nSPS) is 12.6. The molecule has 1 aromatic carbocycles. The highest BCUT2D eigenvalue weighted by atomic mass is 16.8. The molecule has 0 aliphatic carbocycles. The number of rotatable bonds is 3. The van der Waals surface area contributed by atoms with E-state index in [1.165, 1.54) is 0 Å². The van der Waals surface area contributed by atoms with Crippen LogP contribution in [0.25, 0.3) is 5.84 Å². The highest BCUT2D eigenvalue weighted by Gasteiger charge is 2.00. The lowest BCUT2D eigenvalue weighted by Gasteiger charge is -2.14. The molecule has 1 aromatic rings. The fourth-order valence-corrected chi connectivity index (χ4v) is 0.810. The molecule has 66 valence electrons. The van der Waals surface area contributed by atoms with E-state index in [9.17, 15) is 0 Å². The van der Waals surface area contributed by atoms with Gasteiger partial charge in [-0.05, 0) is 12.1 Å². The molecule has 1 unspecified atom stereocenters. The van der Waals surface area contributed by atoms with Crippen LogP contribution in [0.4, 0.5) is 5.69 Å². The first-order valence-corrected chi connectivity index (χ1v) is 3.37. The minimum absolute atomic E-state index is 0.0577. The molecule has 0 amide bonds. The SMILES string of the molecule is COc1ccc([NH+]([NH-])ON)cc1. The standard InChI is InChI=1S/C7H11N3O2/c1-11-7-4-2-6(3-5-7)10(8)12-9/h2-5,8,10H,9H2,1H3. The Morgan fingerprint density at radius 3 is 2.33 bits per heavy atom. The first-order chi connectivity index (χ1) is 5.77. The number of hydrogen-bond acceptors (Lipinski definition) is 3. The Kier molecular flexibility index (Phi) is 3.01. The molecule has 12 heavy (non-hydrogen) atoms. The van der Waals surface area contributed by atoms with Gasteiger partial charge in [0.15, 0.2) is 5.69 Å². The maximum Gasteiger partial charge on any atom is 0.155 e. The van der Waals surface area contributed by atoms with Crippen molar-refractivity contribution < 1.29 is 14.8 Å². The largest absolute Gasteiger partial charge is 0.497 e. The van der Waals surface area contributed by atoms with E-state index in [-0.39, 0.29) is 5.17 Å². The molecule has 0 saturated heterocycles. The molecule has 0 fully saturated rings. The van der Waals surface area contributed by atoms with E-state index in [2.05, 4.69) is 4.94 Å². The maximum atomic E-state index is 7.22. The van der Waals surface area contributed by atoms with Crippen molar-refractivity contribution in [2.24, 2.45) is 5.90 Å². The molecular weight excluding hydrogens is 158 g/mol. The van der Waals surface area contributed by atoms with Crippen LogP contribution in [0.2, 0.25) is 0 Å². The quantitative estimate of drug-likeness (QED) is 0.625. The lowest BCUT2D eigenvalue weighted by Crippen LogP contribution is -3.00. The van der Waals surface area contributed by atoms with Crippen LogP contribution in [-0.4, -0.2) is 7.11 Å². The highest BCUT2D eigenvalue weighted by Crippen LogP contribution is 2.11. The second kappa shape index (κ2) is 4.03. The van der Waals surface area contributed by atoms with E-state index < -0.39 is 0 Å². The van der Waals surface area contributed by atoms with E-state index in [1.54, 1.807) is 31.4 Å². The van der Waals surface area contributed by atoms with Gasteiger partial charge in [-0.3, -0.25) is 0 Å². The van der Waals surface area contributed by atoms with Gasteiger partial charge < -0.3 is 10.6 Å². The first kappa shape index (κ1) is 8.95. The fraction of sp³-hybridized carbons (Fsp3) is 0.143. The number of nitrogens with one attached hydrogen (secondary N) is 2. The number of ether oxygens (including phenoxy) is 1. The average molecular weight is 169 g/mol. The summed E-state index contributed by atoms with van der Waals surface area (Å²) >= 11 is 0. The Labute approximate surface area is 70.3 Å². The molecule has 0 aromatic heterocycles. The molecule has 1 atom stereocenters. The van der Waals surface area contributed by atoms with Gasteiger partial charge in [-0.25, -0.2) is 5.17 Å². The number of hydrogen-bond donors (Lipinski definition) is 2. The highest BCUT2D eigenvalue weighted by molar-refractivity contribution is 5.35. The van der Waals surface area contributed by atoms with Gasteiger partial charge in [0, 0.05) is 12.1 Å². The Hall–Kier alpha value is -1.14. The van der Waals surface area contributed by atoms with Gasteiger partial charge in [0.05, 0.1) is 7.11 Å². The van der Waals surface area contributed by atoms with Crippen LogP contribution in [0.1, 0.15) is 0 Å². The number of quaternary nitrogens is 1. The molecule has 0 aliphatic heterocycles. The summed E-state index contributed by atoms with van der Waals surface area (Å²) in [5, 5.41) is -0.0577. The Morgan fingerprint density at radius 1 is 1.33 bits per heavy atom. The van der Waals surface area contributed by atoms with Crippen molar-refractivity contribution in [2.75, 3.05) is 7.11 Å². The Balaban J connectivity index is 2.77. The van der Waals surface area contributed by atoms with Crippen LogP contribution in [0, 0.1) is 0 Å². The van der Waals surface area contributed by atoms with Gasteiger partial charge in [0.2, 0.25) is 0 Å². The van der Waals surface area contributed by atoms with Crippen LogP contribution >= 0.6 is 0 Å². The summed E-state index contributed by atoms with van der Waals surface area (Å²) < 4.78 is 4.94. The zero-order chi connectivity index (χ0) is 8.97. The second-order valence-corrected chi connectivity index (χ2v) is 2.18. The molecule has 1 rings (SSSR count). The van der Waals surface area contributed by atoms with Crippen molar-refractivity contribution in [3.8, 4) is 5.75 Å². The number of methoxy groups -OCH3 is 1. The van der Waals surface area contributed by atoms with Gasteiger partial charge in [-0.1, -0.05) is 0 Å². The maximum absolute atomic E-state index is 7.22. The van der Waals surface area contributed by atoms with Crippen molar-refractivity contribution in [2.45, 2.75) is 0 Å². The summed E-state index contributed by atoms with van der Waals surface area (Å²) in [7, 11) is 1.58. The molecule has 0 saturated carbocycles. The predicted octanol–water partition coefficient (Wildman–Crippen LogP) is -0.0159. The summed E-state index contributed by atoms with van der Waals surface area (Å²) in [5.41, 5.74) is 0.623. The molecule has 5 nitrogen and oxygen atoms in total. The summed E-state index contributed by atoms with van der Waals surface area (Å²) in [6.45, 7) is 0. The van der Waals surface area contributed by atoms with Gasteiger partial charge in [-0.15, -0.1) is 4.94 Å². The molecule has 0 heterocycles. The van der Waals surface area contributed by atoms with E-state index in [4.69, 9.17) is 16.5 Å². The summed E-state index contributed by atoms with van der Waals surface area (Å²) in [4.78, 5) is 4.25. The van der Waals surface area contributed by atoms with E-state index in [0.29, 0.717) is 5.69 Å². The predicted molar refractivity (Wildman–Crippen MR) is 43.2 cm³/mol. The second-order valence-electron chi connectivity index (χ2n) is 2.18. The lowest BCUT2D eigenvalue weighted by molar-refractivity contribution is -1.00. The third kappa shape index (κ3) is 1.93. The van der Waals surface area contributed by atoms with Crippen molar-refractivity contribution in [3.63, 3.8) is 0 Å². The minimum Gasteiger partial charge on any atom is -0.497 e. The molecule has 5 heteroatoms. The molecule has 0 radical (unpaired) electrons. The van der Waals surface area contributed by atoms with Crippen molar-refractivity contribution in [3.05, 3.63) is 30.1 Å². The zero-order valence-electron chi connectivity index (χ0n) is 6.70. The van der Waals surface area contributed by atoms with Crippen molar-refractivity contribution >= 4 is 5.69 Å². The van der Waals surface area contributed by atoms with E-state index in [0.717, 1.165) is 5.75 Å². The van der Waals surface area contributed by atoms with Crippen molar-refractivity contribution in [1.29, 1.82) is 0 Å². The Bertz CT molecular complexity index is 237. The molecule has 0 spiro atoms. The van der Waals surface area contributed by atoms with Crippen LogP contribution in [0.5, 0.6) is 5.75 Å². The Morgan fingerprint density at radius 2 is 1.92 bits per heavy atom. The third-order valence-corrected chi connectivity index (χ3v) is 1.47. The van der Waals surface area contributed by atoms with E-state index in [1.807, 2.05) is 0 Å². The van der Waals surface area contributed by atoms with Gasteiger partial charge in [0.25, 0.3) is 0 Å². The number of benzene rings is 1.